The van der Waals surface area contributed by atoms with E-state index in [2.05, 4.69) is 15.5 Å². The lowest BCUT2D eigenvalue weighted by molar-refractivity contribution is -0.133. The third-order valence-electron chi connectivity index (χ3n) is 7.57. The Morgan fingerprint density at radius 2 is 1.64 bits per heavy atom. The minimum absolute atomic E-state index is 0.000681. The Labute approximate surface area is 230 Å². The highest BCUT2D eigenvalue weighted by atomic mass is 32.2. The number of piperidine rings is 1. The first kappa shape index (κ1) is 28.8. The van der Waals surface area contributed by atoms with Crippen molar-refractivity contribution in [2.75, 3.05) is 25.9 Å². The molecule has 2 aromatic carbocycles. The minimum atomic E-state index is -3.32. The summed E-state index contributed by atoms with van der Waals surface area (Å²) < 4.78 is 23.4. The van der Waals surface area contributed by atoms with Crippen LogP contribution in [0.2, 0.25) is 0 Å². The molecule has 0 aliphatic carbocycles. The zero-order valence-corrected chi connectivity index (χ0v) is 23.9. The highest BCUT2D eigenvalue weighted by molar-refractivity contribution is 7.90. The molecule has 2 aliphatic heterocycles. The number of benzene rings is 2. The fraction of sp³-hybridized carbons (Fsp3) is 0.483. The summed E-state index contributed by atoms with van der Waals surface area (Å²) in [5.41, 5.74) is 0.332. The lowest BCUT2D eigenvalue weighted by atomic mass is 9.87. The van der Waals surface area contributed by atoms with Crippen LogP contribution in [0.3, 0.4) is 0 Å². The number of likely N-dealkylation sites (tertiary alicyclic amines) is 1. The van der Waals surface area contributed by atoms with Gasteiger partial charge in [-0.05, 0) is 42.5 Å². The van der Waals surface area contributed by atoms with E-state index in [9.17, 15) is 22.8 Å². The van der Waals surface area contributed by atoms with Crippen LogP contribution < -0.4 is 10.6 Å². The topological polar surface area (TPSA) is 116 Å². The van der Waals surface area contributed by atoms with Gasteiger partial charge in [0, 0.05) is 31.3 Å². The molecule has 2 heterocycles. The third kappa shape index (κ3) is 6.67. The van der Waals surface area contributed by atoms with Crippen molar-refractivity contribution in [1.82, 2.24) is 20.4 Å². The molecule has 0 saturated carbocycles. The summed E-state index contributed by atoms with van der Waals surface area (Å²) in [7, 11) is -3.32. The van der Waals surface area contributed by atoms with Gasteiger partial charge in [-0.15, -0.1) is 0 Å². The van der Waals surface area contributed by atoms with Gasteiger partial charge in [-0.2, -0.15) is 0 Å². The first-order valence-corrected chi connectivity index (χ1v) is 15.2. The summed E-state index contributed by atoms with van der Waals surface area (Å²) >= 11 is 0. The minimum Gasteiger partial charge on any atom is -0.349 e. The van der Waals surface area contributed by atoms with Crippen molar-refractivity contribution in [3.05, 3.63) is 65.7 Å². The molecule has 2 N–H and O–H groups in total. The summed E-state index contributed by atoms with van der Waals surface area (Å²) in [6.45, 7) is 7.83. The predicted molar refractivity (Wildman–Crippen MR) is 148 cm³/mol. The zero-order valence-electron chi connectivity index (χ0n) is 23.1. The molecule has 0 radical (unpaired) electrons. The highest BCUT2D eigenvalue weighted by Gasteiger charge is 2.52. The molecule has 1 spiro atoms. The second kappa shape index (κ2) is 11.1. The largest absolute Gasteiger partial charge is 0.349 e. The van der Waals surface area contributed by atoms with Gasteiger partial charge in [0.2, 0.25) is 5.91 Å². The number of hydrogen-bond donors (Lipinski definition) is 2. The van der Waals surface area contributed by atoms with E-state index in [-0.39, 0.29) is 29.3 Å². The summed E-state index contributed by atoms with van der Waals surface area (Å²) in [6, 6.07) is 15.6. The van der Waals surface area contributed by atoms with Crippen molar-refractivity contribution in [3.63, 3.8) is 0 Å². The summed E-state index contributed by atoms with van der Waals surface area (Å²) in [6.07, 6.45) is 2.88. The Bertz CT molecular complexity index is 1310. The van der Waals surface area contributed by atoms with Crippen LogP contribution in [0.1, 0.15) is 57.2 Å². The predicted octanol–water partition coefficient (Wildman–Crippen LogP) is 3.27. The van der Waals surface area contributed by atoms with Crippen molar-refractivity contribution < 1.29 is 22.8 Å². The van der Waals surface area contributed by atoms with Crippen LogP contribution in [-0.2, 0) is 26.0 Å². The Balaban J connectivity index is 1.35. The van der Waals surface area contributed by atoms with E-state index in [0.717, 1.165) is 24.8 Å². The van der Waals surface area contributed by atoms with Gasteiger partial charge in [0.1, 0.15) is 5.54 Å². The van der Waals surface area contributed by atoms with Gasteiger partial charge in [0.05, 0.1) is 17.5 Å². The average Bonchev–Trinajstić information content (AvgIpc) is 3.11. The van der Waals surface area contributed by atoms with Gasteiger partial charge in [0.25, 0.3) is 5.91 Å². The number of imide groups is 1. The van der Waals surface area contributed by atoms with Gasteiger partial charge < -0.3 is 15.5 Å². The van der Waals surface area contributed by atoms with Crippen LogP contribution in [0.5, 0.6) is 0 Å². The number of nitrogens with zero attached hydrogens (tertiary/aromatic N) is 2. The number of carbonyl (C=O) groups is 3. The van der Waals surface area contributed by atoms with E-state index in [0.29, 0.717) is 31.5 Å². The average molecular weight is 555 g/mol. The fourth-order valence-corrected chi connectivity index (χ4v) is 5.67. The first-order valence-electron chi connectivity index (χ1n) is 13.3. The van der Waals surface area contributed by atoms with Gasteiger partial charge >= 0.3 is 6.03 Å². The van der Waals surface area contributed by atoms with E-state index in [1.54, 1.807) is 12.1 Å². The third-order valence-corrected chi connectivity index (χ3v) is 8.70. The molecule has 39 heavy (non-hydrogen) atoms. The Morgan fingerprint density at radius 1 is 1.03 bits per heavy atom. The molecule has 1 atom stereocenters. The zero-order chi connectivity index (χ0) is 28.4. The van der Waals surface area contributed by atoms with E-state index in [4.69, 9.17) is 0 Å². The molecule has 2 fully saturated rings. The van der Waals surface area contributed by atoms with Gasteiger partial charge in [-0.3, -0.25) is 14.5 Å². The van der Waals surface area contributed by atoms with Gasteiger partial charge in [-0.1, -0.05) is 63.2 Å². The monoisotopic (exact) mass is 554 g/mol. The van der Waals surface area contributed by atoms with Crippen molar-refractivity contribution in [3.8, 4) is 0 Å². The first-order chi connectivity index (χ1) is 18.3. The van der Waals surface area contributed by atoms with Crippen molar-refractivity contribution in [2.24, 2.45) is 5.41 Å². The summed E-state index contributed by atoms with van der Waals surface area (Å²) in [5.74, 6) is -0.238. The molecule has 2 aliphatic rings. The molecule has 9 nitrogen and oxygen atoms in total. The molecule has 4 rings (SSSR count). The van der Waals surface area contributed by atoms with Gasteiger partial charge in [0.15, 0.2) is 9.84 Å². The summed E-state index contributed by atoms with van der Waals surface area (Å²) in [4.78, 5) is 42.6. The van der Waals surface area contributed by atoms with Crippen LogP contribution in [0.4, 0.5) is 4.79 Å². The lowest BCUT2D eigenvalue weighted by Gasteiger charge is -2.38. The number of amides is 4. The molecule has 1 unspecified atom stereocenters. The summed E-state index contributed by atoms with van der Waals surface area (Å²) in [5, 5.41) is 6.13. The number of carbonyl (C=O) groups excluding carboxylic acids is 3. The quantitative estimate of drug-likeness (QED) is 0.484. The molecule has 10 heteroatoms. The highest BCUT2D eigenvalue weighted by Crippen LogP contribution is 2.31. The normalized spacial score (nSPS) is 18.7. The van der Waals surface area contributed by atoms with Crippen molar-refractivity contribution in [1.29, 1.82) is 0 Å². The molecule has 0 bridgehead atoms. The smallest absolute Gasteiger partial charge is 0.325 e. The van der Waals surface area contributed by atoms with E-state index in [1.807, 2.05) is 51.1 Å². The van der Waals surface area contributed by atoms with Crippen LogP contribution >= 0.6 is 0 Å². The van der Waals surface area contributed by atoms with Gasteiger partial charge in [-0.25, -0.2) is 13.2 Å². The molecule has 2 saturated heterocycles. The number of sulfone groups is 1. The van der Waals surface area contributed by atoms with Crippen LogP contribution in [0, 0.1) is 5.41 Å². The van der Waals surface area contributed by atoms with E-state index < -0.39 is 26.8 Å². The molecular weight excluding hydrogens is 516 g/mol. The second-order valence-corrected chi connectivity index (χ2v) is 13.7. The number of nitrogens with one attached hydrogen (secondary N) is 2. The molecule has 2 aromatic rings. The number of hydrogen-bond acceptors (Lipinski definition) is 6. The Kier molecular flexibility index (Phi) is 8.18. The lowest BCUT2D eigenvalue weighted by Crippen LogP contribution is -2.55. The number of rotatable bonds is 8. The van der Waals surface area contributed by atoms with Crippen LogP contribution in [-0.4, -0.2) is 67.5 Å². The van der Waals surface area contributed by atoms with Crippen molar-refractivity contribution in [2.45, 2.75) is 63.1 Å². The maximum absolute atomic E-state index is 13.4. The van der Waals surface area contributed by atoms with E-state index in [1.165, 1.54) is 17.0 Å². The van der Waals surface area contributed by atoms with E-state index >= 15 is 0 Å². The maximum Gasteiger partial charge on any atom is 0.325 e. The number of urea groups is 1. The Hall–Kier alpha value is -3.24. The van der Waals surface area contributed by atoms with Crippen molar-refractivity contribution >= 4 is 27.7 Å². The Morgan fingerprint density at radius 3 is 2.21 bits per heavy atom. The molecule has 4 amide bonds. The maximum atomic E-state index is 13.4. The molecule has 0 aromatic heterocycles. The van der Waals surface area contributed by atoms with Crippen LogP contribution in [0.25, 0.3) is 0 Å². The SMILES string of the molecule is CC(C)(C)C(=O)NC(CCN1CCC2(CC1)NC(=O)N(Cc1ccc(S(C)(=O)=O)cc1)C2=O)c1ccccc1. The fourth-order valence-electron chi connectivity index (χ4n) is 5.04. The second-order valence-electron chi connectivity index (χ2n) is 11.6. The molecular formula is C29H38N4O5S. The van der Waals surface area contributed by atoms with Crippen LogP contribution in [0.15, 0.2) is 59.5 Å². The molecule has 210 valence electrons. The standard InChI is InChI=1S/C29H38N4O5S/c1-28(2,3)25(34)30-24(22-8-6-5-7-9-22)14-17-32-18-15-29(16-19-32)26(35)33(27(36)31-29)20-21-10-12-23(13-11-21)39(4,37)38/h5-13,24H,14-20H2,1-4H3,(H,30,34)(H,31,36).